The van der Waals surface area contributed by atoms with E-state index in [1.165, 1.54) is 12.8 Å². The summed E-state index contributed by atoms with van der Waals surface area (Å²) in [5.74, 6) is 3.52. The van der Waals surface area contributed by atoms with E-state index >= 15 is 0 Å². The van der Waals surface area contributed by atoms with Crippen molar-refractivity contribution in [2.24, 2.45) is 29.1 Å². The quantitative estimate of drug-likeness (QED) is 0.606. The van der Waals surface area contributed by atoms with Crippen molar-refractivity contribution in [2.45, 2.75) is 23.7 Å². The summed E-state index contributed by atoms with van der Waals surface area (Å²) in [7, 11) is 0. The first kappa shape index (κ1) is 7.53. The SMILES string of the molecule is C1OC2SC3OCC4C1C2C1(CC1)C34. The number of fused-ring (bicyclic) bond motifs is 1. The van der Waals surface area contributed by atoms with Gasteiger partial charge in [-0.05, 0) is 30.1 Å². The number of hydrogen-bond acceptors (Lipinski definition) is 3. The van der Waals surface area contributed by atoms with Crippen LogP contribution in [0.5, 0.6) is 0 Å². The van der Waals surface area contributed by atoms with Crippen molar-refractivity contribution < 1.29 is 9.47 Å². The van der Waals surface area contributed by atoms with Gasteiger partial charge in [-0.25, -0.2) is 0 Å². The van der Waals surface area contributed by atoms with E-state index in [9.17, 15) is 0 Å². The molecular weight excluding hydrogens is 196 g/mol. The summed E-state index contributed by atoms with van der Waals surface area (Å²) < 4.78 is 11.9. The molecule has 0 amide bonds. The van der Waals surface area contributed by atoms with Crippen molar-refractivity contribution in [2.75, 3.05) is 13.2 Å². The summed E-state index contributed by atoms with van der Waals surface area (Å²) in [4.78, 5) is 0. The van der Waals surface area contributed by atoms with E-state index < -0.39 is 0 Å². The Labute approximate surface area is 87.7 Å². The molecule has 3 saturated heterocycles. The van der Waals surface area contributed by atoms with Gasteiger partial charge < -0.3 is 9.47 Å². The fraction of sp³-hybridized carbons (Fsp3) is 1.00. The highest BCUT2D eigenvalue weighted by Gasteiger charge is 2.76. The smallest absolute Gasteiger partial charge is 0.109 e. The lowest BCUT2D eigenvalue weighted by Crippen LogP contribution is -2.36. The molecule has 3 heterocycles. The van der Waals surface area contributed by atoms with Crippen molar-refractivity contribution in [3.8, 4) is 0 Å². The normalized spacial score (nSPS) is 65.1. The van der Waals surface area contributed by atoms with Crippen molar-refractivity contribution in [3.63, 3.8) is 0 Å². The summed E-state index contributed by atoms with van der Waals surface area (Å²) in [6.07, 6.45) is 2.94. The van der Waals surface area contributed by atoms with E-state index in [2.05, 4.69) is 0 Å². The zero-order valence-corrected chi connectivity index (χ0v) is 8.83. The first-order chi connectivity index (χ1) is 6.90. The molecule has 1 spiro atoms. The average Bonchev–Trinajstić information content (AvgIpc) is 2.61. The molecule has 2 aliphatic carbocycles. The molecule has 0 aromatic carbocycles. The lowest BCUT2D eigenvalue weighted by atomic mass is 9.84. The maximum Gasteiger partial charge on any atom is 0.109 e. The second kappa shape index (κ2) is 2.04. The van der Waals surface area contributed by atoms with Crippen molar-refractivity contribution >= 4 is 11.8 Å². The fourth-order valence-corrected chi connectivity index (χ4v) is 6.68. The number of hydrogen-bond donors (Lipinski definition) is 0. The molecule has 6 unspecified atom stereocenters. The third kappa shape index (κ3) is 0.593. The van der Waals surface area contributed by atoms with E-state index in [4.69, 9.17) is 9.47 Å². The van der Waals surface area contributed by atoms with Crippen LogP contribution in [0.3, 0.4) is 0 Å². The molecule has 2 nitrogen and oxygen atoms in total. The van der Waals surface area contributed by atoms with Crippen LogP contribution in [0.4, 0.5) is 0 Å². The van der Waals surface area contributed by atoms with E-state index in [0.717, 1.165) is 36.9 Å². The number of ether oxygens (including phenoxy) is 2. The third-order valence-electron chi connectivity index (χ3n) is 5.39. The summed E-state index contributed by atoms with van der Waals surface area (Å²) in [6, 6.07) is 0. The van der Waals surface area contributed by atoms with Crippen LogP contribution in [0.2, 0.25) is 0 Å². The first-order valence-electron chi connectivity index (χ1n) is 5.79. The Hall–Kier alpha value is 0.270. The minimum atomic E-state index is 0.494. The van der Waals surface area contributed by atoms with E-state index in [1.54, 1.807) is 0 Å². The summed E-state index contributed by atoms with van der Waals surface area (Å²) >= 11 is 1.99. The largest absolute Gasteiger partial charge is 0.367 e. The predicted octanol–water partition coefficient (Wildman–Crippen LogP) is 1.70. The van der Waals surface area contributed by atoms with E-state index in [-0.39, 0.29) is 0 Å². The van der Waals surface area contributed by atoms with Crippen LogP contribution in [-0.2, 0) is 9.47 Å². The van der Waals surface area contributed by atoms with Crippen LogP contribution in [0.15, 0.2) is 0 Å². The maximum absolute atomic E-state index is 5.95. The van der Waals surface area contributed by atoms with Gasteiger partial charge in [0, 0.05) is 11.8 Å². The standard InChI is InChI=1S/C11H14O2S/c1-2-11(1)7-5-3-12-9(7)14-10-8(11)6(5)4-13-10/h5-10H,1-4H2. The van der Waals surface area contributed by atoms with Gasteiger partial charge >= 0.3 is 0 Å². The van der Waals surface area contributed by atoms with Crippen molar-refractivity contribution in [1.82, 2.24) is 0 Å². The zero-order valence-electron chi connectivity index (χ0n) is 8.02. The monoisotopic (exact) mass is 210 g/mol. The maximum atomic E-state index is 5.95. The second-order valence-electron chi connectivity index (χ2n) is 5.65. The Kier molecular flexibility index (Phi) is 1.10. The van der Waals surface area contributed by atoms with Crippen LogP contribution in [0, 0.1) is 29.1 Å². The molecule has 0 radical (unpaired) electrons. The zero-order chi connectivity index (χ0) is 8.91. The molecule has 3 heteroatoms. The molecule has 3 aliphatic heterocycles. The molecule has 0 aromatic heterocycles. The molecule has 5 rings (SSSR count). The summed E-state index contributed by atoms with van der Waals surface area (Å²) in [6.45, 7) is 2.06. The van der Waals surface area contributed by atoms with Crippen LogP contribution in [0.25, 0.3) is 0 Å². The van der Waals surface area contributed by atoms with Gasteiger partial charge in [0.25, 0.3) is 0 Å². The number of rotatable bonds is 0. The van der Waals surface area contributed by atoms with Gasteiger partial charge in [-0.15, -0.1) is 0 Å². The van der Waals surface area contributed by atoms with Crippen LogP contribution in [-0.4, -0.2) is 24.1 Å². The summed E-state index contributed by atoms with van der Waals surface area (Å²) in [5, 5.41) is 0. The lowest BCUT2D eigenvalue weighted by molar-refractivity contribution is 0.0722. The molecule has 2 bridgehead atoms. The Morgan fingerprint density at radius 3 is 2.00 bits per heavy atom. The van der Waals surface area contributed by atoms with E-state index in [0.29, 0.717) is 16.3 Å². The molecule has 5 aliphatic rings. The van der Waals surface area contributed by atoms with Gasteiger partial charge in [-0.2, -0.15) is 0 Å². The minimum absolute atomic E-state index is 0.494. The third-order valence-corrected chi connectivity index (χ3v) is 6.78. The second-order valence-corrected chi connectivity index (χ2v) is 6.85. The van der Waals surface area contributed by atoms with Crippen LogP contribution < -0.4 is 0 Å². The Morgan fingerprint density at radius 1 is 0.929 bits per heavy atom. The van der Waals surface area contributed by atoms with Gasteiger partial charge in [-0.3, -0.25) is 0 Å². The molecule has 14 heavy (non-hydrogen) atoms. The van der Waals surface area contributed by atoms with Crippen LogP contribution >= 0.6 is 11.8 Å². The molecular formula is C11H14O2S. The highest BCUT2D eigenvalue weighted by atomic mass is 32.2. The molecule has 2 saturated carbocycles. The van der Waals surface area contributed by atoms with Gasteiger partial charge in [-0.1, -0.05) is 11.8 Å². The van der Waals surface area contributed by atoms with Crippen molar-refractivity contribution in [3.05, 3.63) is 0 Å². The highest BCUT2D eigenvalue weighted by molar-refractivity contribution is 8.00. The van der Waals surface area contributed by atoms with Gasteiger partial charge in [0.1, 0.15) is 10.9 Å². The average molecular weight is 210 g/mol. The molecule has 0 aromatic rings. The minimum Gasteiger partial charge on any atom is -0.367 e. The lowest BCUT2D eigenvalue weighted by Gasteiger charge is -2.37. The Balaban J connectivity index is 1.75. The topological polar surface area (TPSA) is 18.5 Å². The number of thioether (sulfide) groups is 1. The van der Waals surface area contributed by atoms with Gasteiger partial charge in [0.05, 0.1) is 13.2 Å². The summed E-state index contributed by atoms with van der Waals surface area (Å²) in [5.41, 5.74) is 1.69. The van der Waals surface area contributed by atoms with Gasteiger partial charge in [0.15, 0.2) is 0 Å². The van der Waals surface area contributed by atoms with Crippen molar-refractivity contribution in [1.29, 1.82) is 0 Å². The van der Waals surface area contributed by atoms with E-state index in [1.807, 2.05) is 11.8 Å². The molecule has 76 valence electrons. The Morgan fingerprint density at radius 2 is 1.50 bits per heavy atom. The highest BCUT2D eigenvalue weighted by Crippen LogP contribution is 2.78. The molecule has 6 atom stereocenters. The fourth-order valence-electron chi connectivity index (χ4n) is 4.82. The first-order valence-corrected chi connectivity index (χ1v) is 6.73. The Bertz CT molecular complexity index is 288. The van der Waals surface area contributed by atoms with Gasteiger partial charge in [0.2, 0.25) is 0 Å². The predicted molar refractivity (Wildman–Crippen MR) is 52.7 cm³/mol. The molecule has 5 fully saturated rings. The molecule has 0 N–H and O–H groups in total. The van der Waals surface area contributed by atoms with Crippen LogP contribution in [0.1, 0.15) is 12.8 Å².